The Morgan fingerprint density at radius 3 is 2.86 bits per heavy atom. The Labute approximate surface area is 165 Å². The van der Waals surface area contributed by atoms with Gasteiger partial charge in [0, 0.05) is 54.5 Å². The number of ether oxygens (including phenoxy) is 2. The molecule has 5 heteroatoms. The van der Waals surface area contributed by atoms with E-state index in [2.05, 4.69) is 18.7 Å². The van der Waals surface area contributed by atoms with Crippen molar-refractivity contribution in [3.8, 4) is 0 Å². The van der Waals surface area contributed by atoms with Gasteiger partial charge < -0.3 is 9.47 Å². The minimum absolute atomic E-state index is 0.00312. The van der Waals surface area contributed by atoms with E-state index in [9.17, 15) is 9.59 Å². The van der Waals surface area contributed by atoms with Crippen LogP contribution in [0.2, 0.25) is 0 Å². The highest BCUT2D eigenvalue weighted by Crippen LogP contribution is 2.64. The first-order chi connectivity index (χ1) is 13.5. The van der Waals surface area contributed by atoms with Gasteiger partial charge in [0.25, 0.3) is 0 Å². The lowest BCUT2D eigenvalue weighted by Gasteiger charge is -2.43. The topological polar surface area (TPSA) is 55.8 Å². The van der Waals surface area contributed by atoms with E-state index in [1.807, 2.05) is 0 Å². The maximum atomic E-state index is 13.9. The van der Waals surface area contributed by atoms with Crippen molar-refractivity contribution in [1.29, 1.82) is 0 Å². The summed E-state index contributed by atoms with van der Waals surface area (Å²) >= 11 is 0. The molecule has 3 aliphatic heterocycles. The molecule has 2 fully saturated rings. The number of carbonyl (C=O) groups is 2. The molecule has 28 heavy (non-hydrogen) atoms. The zero-order valence-corrected chi connectivity index (χ0v) is 16.8. The number of rotatable bonds is 1. The van der Waals surface area contributed by atoms with Crippen molar-refractivity contribution in [2.75, 3.05) is 26.8 Å². The van der Waals surface area contributed by atoms with Crippen molar-refractivity contribution < 1.29 is 19.1 Å². The van der Waals surface area contributed by atoms with Crippen molar-refractivity contribution in [2.24, 2.45) is 23.2 Å². The summed E-state index contributed by atoms with van der Waals surface area (Å²) in [4.78, 5) is 29.5. The molecular weight excluding hydrogens is 354 g/mol. The monoisotopic (exact) mass is 381 g/mol. The van der Waals surface area contributed by atoms with Crippen LogP contribution in [0.1, 0.15) is 39.5 Å². The molecule has 3 aliphatic carbocycles. The number of hydrogen-bond donors (Lipinski definition) is 0. The van der Waals surface area contributed by atoms with Gasteiger partial charge >= 0.3 is 5.97 Å². The standard InChI is InChI=1S/C23H27NO4/c1-11-9-24-10-12-4-5-15-17-13(6-7-28-15)18(22(26)27-3)19-20(17)23(12,2)16(24)8-14(11)21(19)25/h11-12,14,16H,4-10H2,1-3H3/t11?,12-,14-,16-,23-/m1/s1. The Morgan fingerprint density at radius 1 is 1.25 bits per heavy atom. The number of nitrogens with zero attached hydrogens (tertiary/aromatic N) is 1. The lowest BCUT2D eigenvalue weighted by atomic mass is 9.65. The summed E-state index contributed by atoms with van der Waals surface area (Å²) in [6.07, 6.45) is 3.58. The zero-order chi connectivity index (χ0) is 19.4. The Morgan fingerprint density at radius 2 is 2.07 bits per heavy atom. The molecule has 0 aromatic carbocycles. The van der Waals surface area contributed by atoms with Gasteiger partial charge in [-0.15, -0.1) is 0 Å². The van der Waals surface area contributed by atoms with Crippen molar-refractivity contribution in [3.05, 3.63) is 33.6 Å². The molecule has 0 spiro atoms. The van der Waals surface area contributed by atoms with Crippen molar-refractivity contribution in [1.82, 2.24) is 4.90 Å². The first-order valence-corrected chi connectivity index (χ1v) is 10.7. The summed E-state index contributed by atoms with van der Waals surface area (Å²) in [5.41, 5.74) is 4.39. The molecule has 6 rings (SSSR count). The van der Waals surface area contributed by atoms with Crippen LogP contribution in [-0.2, 0) is 19.1 Å². The van der Waals surface area contributed by atoms with Gasteiger partial charge in [0.05, 0.1) is 19.3 Å². The highest BCUT2D eigenvalue weighted by atomic mass is 16.5. The molecule has 5 atom stereocenters. The first-order valence-electron chi connectivity index (χ1n) is 10.7. The predicted octanol–water partition coefficient (Wildman–Crippen LogP) is 2.78. The number of esters is 1. The van der Waals surface area contributed by atoms with Crippen LogP contribution >= 0.6 is 0 Å². The fourth-order valence-electron chi connectivity index (χ4n) is 7.33. The number of Topliss-reactive ketones (excluding diaryl/α,β-unsaturated/α-hetero) is 1. The second kappa shape index (κ2) is 5.38. The fourth-order valence-corrected chi connectivity index (χ4v) is 7.33. The molecule has 148 valence electrons. The van der Waals surface area contributed by atoms with Gasteiger partial charge in [0.15, 0.2) is 5.78 Å². The van der Waals surface area contributed by atoms with Gasteiger partial charge in [0.2, 0.25) is 0 Å². The van der Waals surface area contributed by atoms with Gasteiger partial charge in [-0.3, -0.25) is 9.69 Å². The van der Waals surface area contributed by atoms with Crippen LogP contribution in [0, 0.1) is 23.2 Å². The van der Waals surface area contributed by atoms with Crippen LogP contribution < -0.4 is 0 Å². The van der Waals surface area contributed by atoms with Crippen LogP contribution in [0.25, 0.3) is 0 Å². The summed E-state index contributed by atoms with van der Waals surface area (Å²) in [6.45, 7) is 7.23. The lowest BCUT2D eigenvalue weighted by Crippen LogP contribution is -2.48. The lowest BCUT2D eigenvalue weighted by molar-refractivity contribution is -0.136. The summed E-state index contributed by atoms with van der Waals surface area (Å²) in [5.74, 6) is 1.63. The molecule has 0 aromatic rings. The minimum atomic E-state index is -0.355. The molecule has 0 aromatic heterocycles. The van der Waals surface area contributed by atoms with Crippen molar-refractivity contribution in [3.63, 3.8) is 0 Å². The molecule has 3 heterocycles. The third-order valence-electron chi connectivity index (χ3n) is 8.61. The van der Waals surface area contributed by atoms with E-state index < -0.39 is 0 Å². The fraction of sp³-hybridized carbons (Fsp3) is 0.652. The van der Waals surface area contributed by atoms with Crippen molar-refractivity contribution >= 4 is 11.8 Å². The Bertz CT molecular complexity index is 925. The third-order valence-corrected chi connectivity index (χ3v) is 8.61. The van der Waals surface area contributed by atoms with Crippen LogP contribution in [0.3, 0.4) is 0 Å². The highest BCUT2D eigenvalue weighted by molar-refractivity contribution is 6.15. The Kier molecular flexibility index (Phi) is 3.27. The van der Waals surface area contributed by atoms with E-state index in [4.69, 9.17) is 9.47 Å². The molecule has 2 bridgehead atoms. The molecule has 0 N–H and O–H groups in total. The smallest absolute Gasteiger partial charge is 0.338 e. The van der Waals surface area contributed by atoms with E-state index in [1.165, 1.54) is 7.11 Å². The van der Waals surface area contributed by atoms with Gasteiger partial charge in [-0.2, -0.15) is 0 Å². The van der Waals surface area contributed by atoms with Crippen LogP contribution in [-0.4, -0.2) is 49.5 Å². The quantitative estimate of drug-likeness (QED) is 0.654. The molecule has 6 aliphatic rings. The minimum Gasteiger partial charge on any atom is -0.497 e. The number of allylic oxidation sites excluding steroid dienone is 2. The summed E-state index contributed by atoms with van der Waals surface area (Å²) in [5, 5.41) is 0. The Balaban J connectivity index is 1.71. The molecule has 1 unspecified atom stereocenters. The molecular formula is C23H27NO4. The average Bonchev–Trinajstić information content (AvgIpc) is 3.11. The van der Waals surface area contributed by atoms with E-state index in [-0.39, 0.29) is 23.1 Å². The van der Waals surface area contributed by atoms with Crippen LogP contribution in [0.15, 0.2) is 33.6 Å². The van der Waals surface area contributed by atoms with E-state index in [0.29, 0.717) is 42.1 Å². The van der Waals surface area contributed by atoms with Gasteiger partial charge in [-0.05, 0) is 35.8 Å². The number of fused-ring (bicyclic) bond motifs is 1. The van der Waals surface area contributed by atoms with Gasteiger partial charge in [0.1, 0.15) is 5.76 Å². The van der Waals surface area contributed by atoms with Crippen molar-refractivity contribution in [2.45, 2.75) is 45.6 Å². The number of piperidine rings is 1. The molecule has 0 saturated carbocycles. The molecule has 0 radical (unpaired) electrons. The number of methoxy groups -OCH3 is 1. The summed E-state index contributed by atoms with van der Waals surface area (Å²) in [6, 6.07) is 0.377. The SMILES string of the molecule is COC(=O)C1=C2CCOC3=C2C2=C1C(=O)[C@@H]1C[C@H]4N(CC1C)C[C@@H](CC3)[C@@]24C. The molecule has 2 saturated heterocycles. The van der Waals surface area contributed by atoms with Crippen LogP contribution in [0.4, 0.5) is 0 Å². The third kappa shape index (κ3) is 1.78. The summed E-state index contributed by atoms with van der Waals surface area (Å²) in [7, 11) is 1.42. The second-order valence-corrected chi connectivity index (χ2v) is 9.66. The largest absolute Gasteiger partial charge is 0.497 e. The van der Waals surface area contributed by atoms with E-state index in [0.717, 1.165) is 54.8 Å². The Hall–Kier alpha value is -1.88. The van der Waals surface area contributed by atoms with Crippen LogP contribution in [0.5, 0.6) is 0 Å². The summed E-state index contributed by atoms with van der Waals surface area (Å²) < 4.78 is 11.3. The van der Waals surface area contributed by atoms with E-state index in [1.54, 1.807) is 0 Å². The van der Waals surface area contributed by atoms with E-state index >= 15 is 0 Å². The number of ketones is 1. The first kappa shape index (κ1) is 17.0. The van der Waals surface area contributed by atoms with Gasteiger partial charge in [-0.1, -0.05) is 13.8 Å². The number of carbonyl (C=O) groups excluding carboxylic acids is 2. The van der Waals surface area contributed by atoms with Gasteiger partial charge in [-0.25, -0.2) is 4.79 Å². The average molecular weight is 381 g/mol. The highest BCUT2D eigenvalue weighted by Gasteiger charge is 2.63. The number of hydrogen-bond acceptors (Lipinski definition) is 5. The maximum Gasteiger partial charge on any atom is 0.338 e. The molecule has 5 nitrogen and oxygen atoms in total. The second-order valence-electron chi connectivity index (χ2n) is 9.66. The molecule has 0 amide bonds. The predicted molar refractivity (Wildman–Crippen MR) is 102 cm³/mol. The zero-order valence-electron chi connectivity index (χ0n) is 16.8. The maximum absolute atomic E-state index is 13.9. The normalized spacial score (nSPS) is 41.2.